The standard InChI is InChI=1S/C11H9N3O3/c1-7(15)14-3-2-8-9(11-16-4-5-17-11)12-6-13-10(8)14/h2-6,11H,1H3. The predicted molar refractivity (Wildman–Crippen MR) is 57.9 cm³/mol. The van der Waals surface area contributed by atoms with Crippen LogP contribution in [0.2, 0.25) is 0 Å². The topological polar surface area (TPSA) is 66.2 Å². The van der Waals surface area contributed by atoms with Crippen molar-refractivity contribution in [3.63, 3.8) is 0 Å². The Hall–Kier alpha value is -2.37. The second-order valence-electron chi connectivity index (χ2n) is 3.58. The van der Waals surface area contributed by atoms with Crippen LogP contribution in [0.1, 0.15) is 23.7 Å². The summed E-state index contributed by atoms with van der Waals surface area (Å²) in [6.45, 7) is 1.48. The fourth-order valence-electron chi connectivity index (χ4n) is 1.78. The van der Waals surface area contributed by atoms with E-state index in [2.05, 4.69) is 9.97 Å². The number of fused-ring (bicyclic) bond motifs is 1. The smallest absolute Gasteiger partial charge is 0.284 e. The maximum absolute atomic E-state index is 11.4. The molecule has 6 heteroatoms. The Morgan fingerprint density at radius 3 is 2.82 bits per heavy atom. The first-order valence-electron chi connectivity index (χ1n) is 5.06. The highest BCUT2D eigenvalue weighted by atomic mass is 16.7. The summed E-state index contributed by atoms with van der Waals surface area (Å²) in [5.41, 5.74) is 1.17. The Labute approximate surface area is 96.5 Å². The quantitative estimate of drug-likeness (QED) is 0.745. The summed E-state index contributed by atoms with van der Waals surface area (Å²) in [6, 6.07) is 1.77. The van der Waals surface area contributed by atoms with Gasteiger partial charge in [-0.1, -0.05) is 0 Å². The van der Waals surface area contributed by atoms with Gasteiger partial charge in [0.05, 0.1) is 0 Å². The van der Waals surface area contributed by atoms with Gasteiger partial charge in [0.25, 0.3) is 6.29 Å². The highest BCUT2D eigenvalue weighted by Gasteiger charge is 2.22. The van der Waals surface area contributed by atoms with Crippen LogP contribution in [0.4, 0.5) is 0 Å². The van der Waals surface area contributed by atoms with Crippen LogP contribution in [-0.2, 0) is 9.47 Å². The van der Waals surface area contributed by atoms with Gasteiger partial charge in [0.1, 0.15) is 24.5 Å². The number of rotatable bonds is 1. The summed E-state index contributed by atoms with van der Waals surface area (Å²) in [5.74, 6) is -0.101. The Kier molecular flexibility index (Phi) is 2.07. The lowest BCUT2D eigenvalue weighted by Crippen LogP contribution is -2.07. The van der Waals surface area contributed by atoms with E-state index < -0.39 is 6.29 Å². The van der Waals surface area contributed by atoms with Crippen molar-refractivity contribution in [1.82, 2.24) is 14.5 Å². The fourth-order valence-corrected chi connectivity index (χ4v) is 1.78. The molecule has 86 valence electrons. The highest BCUT2D eigenvalue weighted by Crippen LogP contribution is 2.28. The molecule has 0 aliphatic carbocycles. The van der Waals surface area contributed by atoms with Crippen molar-refractivity contribution >= 4 is 16.9 Å². The molecule has 0 N–H and O–H groups in total. The van der Waals surface area contributed by atoms with Gasteiger partial charge in [0, 0.05) is 18.5 Å². The Bertz CT molecular complexity index is 609. The van der Waals surface area contributed by atoms with Crippen molar-refractivity contribution in [2.45, 2.75) is 13.2 Å². The van der Waals surface area contributed by atoms with Crippen LogP contribution in [0, 0.1) is 0 Å². The SMILES string of the molecule is CC(=O)n1ccc2c(C3OC=CO3)ncnc21. The van der Waals surface area contributed by atoms with Crippen LogP contribution >= 0.6 is 0 Å². The van der Waals surface area contributed by atoms with Gasteiger partial charge >= 0.3 is 0 Å². The molecule has 2 aromatic rings. The number of aromatic nitrogens is 3. The van der Waals surface area contributed by atoms with Gasteiger partial charge < -0.3 is 9.47 Å². The summed E-state index contributed by atoms with van der Waals surface area (Å²) in [4.78, 5) is 19.6. The largest absolute Gasteiger partial charge is 0.454 e. The zero-order valence-corrected chi connectivity index (χ0v) is 9.03. The third-order valence-corrected chi connectivity index (χ3v) is 2.53. The first-order valence-corrected chi connectivity index (χ1v) is 5.06. The normalized spacial score (nSPS) is 14.9. The molecule has 3 heterocycles. The first-order chi connectivity index (χ1) is 8.27. The number of hydrogen-bond donors (Lipinski definition) is 0. The van der Waals surface area contributed by atoms with Crippen LogP contribution < -0.4 is 0 Å². The van der Waals surface area contributed by atoms with Crippen molar-refractivity contribution in [1.29, 1.82) is 0 Å². The van der Waals surface area contributed by atoms with Gasteiger partial charge in [0.15, 0.2) is 5.65 Å². The van der Waals surface area contributed by atoms with Crippen molar-refractivity contribution in [3.8, 4) is 0 Å². The van der Waals surface area contributed by atoms with Crippen molar-refractivity contribution < 1.29 is 14.3 Å². The minimum Gasteiger partial charge on any atom is -0.454 e. The van der Waals surface area contributed by atoms with E-state index in [9.17, 15) is 4.79 Å². The molecular formula is C11H9N3O3. The molecular weight excluding hydrogens is 222 g/mol. The van der Waals surface area contributed by atoms with Gasteiger partial charge in [-0.15, -0.1) is 0 Å². The van der Waals surface area contributed by atoms with E-state index in [4.69, 9.17) is 9.47 Å². The average Bonchev–Trinajstić information content (AvgIpc) is 2.97. The molecule has 2 aromatic heterocycles. The van der Waals surface area contributed by atoms with Crippen LogP contribution in [-0.4, -0.2) is 20.4 Å². The third kappa shape index (κ3) is 1.45. The minimum atomic E-state index is -0.566. The molecule has 1 aliphatic heterocycles. The maximum Gasteiger partial charge on any atom is 0.284 e. The zero-order valence-electron chi connectivity index (χ0n) is 9.03. The van der Waals surface area contributed by atoms with Gasteiger partial charge in [-0.3, -0.25) is 9.36 Å². The van der Waals surface area contributed by atoms with E-state index in [1.807, 2.05) is 0 Å². The molecule has 0 radical (unpaired) electrons. The maximum atomic E-state index is 11.4. The molecule has 17 heavy (non-hydrogen) atoms. The summed E-state index contributed by atoms with van der Waals surface area (Å²) in [7, 11) is 0. The number of carbonyl (C=O) groups is 1. The van der Waals surface area contributed by atoms with Gasteiger partial charge in [-0.2, -0.15) is 0 Å². The van der Waals surface area contributed by atoms with E-state index >= 15 is 0 Å². The molecule has 6 nitrogen and oxygen atoms in total. The number of ether oxygens (including phenoxy) is 2. The van der Waals surface area contributed by atoms with Crippen LogP contribution in [0.25, 0.3) is 11.0 Å². The van der Waals surface area contributed by atoms with Crippen molar-refractivity contribution in [2.24, 2.45) is 0 Å². The Morgan fingerprint density at radius 1 is 1.35 bits per heavy atom. The van der Waals surface area contributed by atoms with E-state index in [1.54, 1.807) is 12.3 Å². The number of hydrogen-bond acceptors (Lipinski definition) is 5. The fraction of sp³-hybridized carbons (Fsp3) is 0.182. The molecule has 0 atom stereocenters. The van der Waals surface area contributed by atoms with E-state index in [-0.39, 0.29) is 5.91 Å². The molecule has 0 aromatic carbocycles. The summed E-state index contributed by atoms with van der Waals surface area (Å²) in [6.07, 6.45) is 5.40. The van der Waals surface area contributed by atoms with Crippen LogP contribution in [0.15, 0.2) is 31.1 Å². The third-order valence-electron chi connectivity index (χ3n) is 2.53. The predicted octanol–water partition coefficient (Wildman–Crippen LogP) is 1.61. The van der Waals surface area contributed by atoms with Crippen LogP contribution in [0.5, 0.6) is 0 Å². The van der Waals surface area contributed by atoms with Gasteiger partial charge in [-0.05, 0) is 6.07 Å². The summed E-state index contributed by atoms with van der Waals surface area (Å²) in [5, 5.41) is 0.747. The van der Waals surface area contributed by atoms with Gasteiger partial charge in [0.2, 0.25) is 5.91 Å². The molecule has 0 amide bonds. The Balaban J connectivity index is 2.17. The molecule has 3 rings (SSSR count). The van der Waals surface area contributed by atoms with E-state index in [1.165, 1.54) is 30.3 Å². The molecule has 0 spiro atoms. The molecule has 0 fully saturated rings. The van der Waals surface area contributed by atoms with Crippen molar-refractivity contribution in [3.05, 3.63) is 36.8 Å². The molecule has 0 bridgehead atoms. The molecule has 0 saturated heterocycles. The van der Waals surface area contributed by atoms with E-state index in [0.717, 1.165) is 5.39 Å². The number of carbonyl (C=O) groups excluding carboxylic acids is 1. The second kappa shape index (κ2) is 3.58. The van der Waals surface area contributed by atoms with E-state index in [0.29, 0.717) is 11.3 Å². The molecule has 0 unspecified atom stereocenters. The molecule has 0 saturated carbocycles. The highest BCUT2D eigenvalue weighted by molar-refractivity contribution is 5.90. The van der Waals surface area contributed by atoms with Crippen LogP contribution in [0.3, 0.4) is 0 Å². The second-order valence-corrected chi connectivity index (χ2v) is 3.58. The lowest BCUT2D eigenvalue weighted by molar-refractivity contribution is -0.0267. The zero-order chi connectivity index (χ0) is 11.8. The first kappa shape index (κ1) is 9.83. The average molecular weight is 231 g/mol. The monoisotopic (exact) mass is 231 g/mol. The van der Waals surface area contributed by atoms with Crippen molar-refractivity contribution in [2.75, 3.05) is 0 Å². The number of nitrogens with zero attached hydrogens (tertiary/aromatic N) is 3. The minimum absolute atomic E-state index is 0.101. The summed E-state index contributed by atoms with van der Waals surface area (Å²) >= 11 is 0. The lowest BCUT2D eigenvalue weighted by Gasteiger charge is -2.10. The molecule has 1 aliphatic rings. The lowest BCUT2D eigenvalue weighted by atomic mass is 10.3. The summed E-state index contributed by atoms with van der Waals surface area (Å²) < 4.78 is 11.9. The van der Waals surface area contributed by atoms with Gasteiger partial charge in [-0.25, -0.2) is 9.97 Å². The Morgan fingerprint density at radius 2 is 2.12 bits per heavy atom.